The van der Waals surface area contributed by atoms with Crippen LogP contribution in [-0.2, 0) is 47.5 Å². The SMILES string of the molecule is NC(CO[C@@H]1OC[C@H](O[C@@H]2OC(CO)[C@H](O)[C@@H](O[C@@H]3OC(CO)[C@H](O)[C@@H](O[C@@H]4OC(C(=O)O)=C[C@@H](O)C4O)C3O)C2O)[C@@H](O)C1O)C(=O)O. The summed E-state index contributed by atoms with van der Waals surface area (Å²) in [6, 6.07) is -1.46. The van der Waals surface area contributed by atoms with Crippen molar-refractivity contribution in [3.05, 3.63) is 11.8 Å². The van der Waals surface area contributed by atoms with Crippen LogP contribution in [0, 0.1) is 0 Å². The van der Waals surface area contributed by atoms with E-state index in [0.29, 0.717) is 6.08 Å². The maximum absolute atomic E-state index is 11.4. The van der Waals surface area contributed by atoms with Crippen molar-refractivity contribution in [3.8, 4) is 0 Å². The fraction of sp³-hybridized carbons (Fsp3) is 0.846. The van der Waals surface area contributed by atoms with Crippen molar-refractivity contribution in [1.82, 2.24) is 0 Å². The maximum atomic E-state index is 11.4. The van der Waals surface area contributed by atoms with Crippen LogP contribution in [0.15, 0.2) is 11.8 Å². The Bertz CT molecular complexity index is 1150. The Hall–Kier alpha value is -2.24. The molecule has 4 rings (SSSR count). The molecule has 0 aromatic heterocycles. The minimum absolute atomic E-state index is 0.516. The van der Waals surface area contributed by atoms with Crippen LogP contribution in [0.3, 0.4) is 0 Å². The Balaban J connectivity index is 1.46. The molecule has 23 heteroatoms. The van der Waals surface area contributed by atoms with E-state index in [-0.39, 0.29) is 0 Å². The summed E-state index contributed by atoms with van der Waals surface area (Å²) in [5.41, 5.74) is 5.35. The normalized spacial score (nSPS) is 45.2. The molecule has 0 aliphatic carbocycles. The second-order valence-corrected chi connectivity index (χ2v) is 11.6. The molecule has 14 N–H and O–H groups in total. The molecule has 7 unspecified atom stereocenters. The van der Waals surface area contributed by atoms with Crippen molar-refractivity contribution in [2.24, 2.45) is 5.73 Å². The summed E-state index contributed by atoms with van der Waals surface area (Å²) in [4.78, 5) is 22.3. The Labute approximate surface area is 275 Å². The number of aliphatic hydroxyl groups is 10. The van der Waals surface area contributed by atoms with Gasteiger partial charge in [-0.15, -0.1) is 0 Å². The summed E-state index contributed by atoms with van der Waals surface area (Å²) in [5, 5.41) is 123. The second-order valence-electron chi connectivity index (χ2n) is 11.6. The zero-order chi connectivity index (χ0) is 36.3. The van der Waals surface area contributed by atoms with E-state index in [4.69, 9.17) is 48.7 Å². The number of carbonyl (C=O) groups is 2. The summed E-state index contributed by atoms with van der Waals surface area (Å²) in [7, 11) is 0. The molecule has 0 bridgehead atoms. The van der Waals surface area contributed by atoms with E-state index < -0.39 is 155 Å². The minimum Gasteiger partial charge on any atom is -0.480 e. The molecule has 0 aromatic carbocycles. The summed E-state index contributed by atoms with van der Waals surface area (Å²) in [6.07, 6.45) is -30.1. The summed E-state index contributed by atoms with van der Waals surface area (Å²) < 4.78 is 42.9. The van der Waals surface area contributed by atoms with E-state index in [1.54, 1.807) is 0 Å². The highest BCUT2D eigenvalue weighted by Gasteiger charge is 2.54. The molecule has 4 aliphatic heterocycles. The topological polar surface area (TPSA) is 377 Å². The molecular formula is C26H41NO22. The third kappa shape index (κ3) is 8.80. The average Bonchev–Trinajstić information content (AvgIpc) is 3.06. The lowest BCUT2D eigenvalue weighted by Crippen LogP contribution is -2.66. The van der Waals surface area contributed by atoms with Gasteiger partial charge in [0.15, 0.2) is 18.9 Å². The van der Waals surface area contributed by atoms with Crippen molar-refractivity contribution in [2.45, 2.75) is 111 Å². The highest BCUT2D eigenvalue weighted by molar-refractivity contribution is 5.84. The van der Waals surface area contributed by atoms with Crippen LogP contribution in [0.2, 0.25) is 0 Å². The molecule has 0 radical (unpaired) electrons. The van der Waals surface area contributed by atoms with E-state index in [2.05, 4.69) is 0 Å². The van der Waals surface area contributed by atoms with Crippen LogP contribution in [0.25, 0.3) is 0 Å². The fourth-order valence-corrected chi connectivity index (χ4v) is 5.32. The largest absolute Gasteiger partial charge is 0.480 e. The molecule has 4 heterocycles. The molecule has 23 nitrogen and oxygen atoms in total. The number of carboxylic acid groups (broad SMARTS) is 2. The Kier molecular flexibility index (Phi) is 13.6. The summed E-state index contributed by atoms with van der Waals surface area (Å²) in [5.74, 6) is -3.87. The Morgan fingerprint density at radius 3 is 1.78 bits per heavy atom. The Morgan fingerprint density at radius 2 is 1.27 bits per heavy atom. The van der Waals surface area contributed by atoms with Crippen LogP contribution >= 0.6 is 0 Å². The van der Waals surface area contributed by atoms with E-state index in [1.807, 2.05) is 0 Å². The molecular weight excluding hydrogens is 678 g/mol. The van der Waals surface area contributed by atoms with Crippen molar-refractivity contribution in [3.63, 3.8) is 0 Å². The van der Waals surface area contributed by atoms with Crippen LogP contribution in [0.4, 0.5) is 0 Å². The van der Waals surface area contributed by atoms with Gasteiger partial charge in [0.05, 0.1) is 26.4 Å². The molecule has 282 valence electrons. The number of carboxylic acids is 2. The molecule has 18 atom stereocenters. The monoisotopic (exact) mass is 719 g/mol. The smallest absolute Gasteiger partial charge is 0.371 e. The van der Waals surface area contributed by atoms with Crippen LogP contribution in [-0.4, -0.2) is 210 Å². The predicted molar refractivity (Wildman–Crippen MR) is 146 cm³/mol. The molecule has 3 saturated heterocycles. The van der Waals surface area contributed by atoms with Crippen molar-refractivity contribution in [1.29, 1.82) is 0 Å². The standard InChI is InChI=1S/C26H41NO22/c27-6(21(38)39)4-42-23-16(35)13(32)11(5-43-23)47-25-17(36)19(14(33)9(2-28)45-25)49-26-18(37)20(15(34)10(3-29)46-26)48-24-12(31)7(30)1-8(44-24)22(40)41/h1,6-7,9-20,23-26,28-37H,2-5,27H2,(H,38,39)(H,40,41)/t6?,7-,9?,10?,11+,12?,13-,14+,15+,16?,17?,18?,19-,20-,23-,24+,25+,26+/m1/s1. The first-order valence-electron chi connectivity index (χ1n) is 14.9. The van der Waals surface area contributed by atoms with Gasteiger partial charge in [0, 0.05) is 0 Å². The number of rotatable bonds is 13. The van der Waals surface area contributed by atoms with Gasteiger partial charge in [-0.1, -0.05) is 0 Å². The molecule has 0 saturated carbocycles. The van der Waals surface area contributed by atoms with Gasteiger partial charge in [0.25, 0.3) is 0 Å². The predicted octanol–water partition coefficient (Wildman–Crippen LogP) is -8.43. The molecule has 0 aromatic rings. The number of hydrogen-bond donors (Lipinski definition) is 13. The number of nitrogens with two attached hydrogens (primary N) is 1. The van der Waals surface area contributed by atoms with E-state index in [0.717, 1.165) is 0 Å². The lowest BCUT2D eigenvalue weighted by Gasteiger charge is -2.48. The van der Waals surface area contributed by atoms with Gasteiger partial charge in [-0.25, -0.2) is 4.79 Å². The third-order valence-electron chi connectivity index (χ3n) is 8.13. The first kappa shape index (κ1) is 39.5. The van der Waals surface area contributed by atoms with E-state index in [9.17, 15) is 65.8 Å². The van der Waals surface area contributed by atoms with Gasteiger partial charge < -0.3 is 105 Å². The average molecular weight is 720 g/mol. The first-order valence-corrected chi connectivity index (χ1v) is 14.9. The molecule has 0 spiro atoms. The lowest BCUT2D eigenvalue weighted by atomic mass is 9.96. The first-order chi connectivity index (χ1) is 23.1. The highest BCUT2D eigenvalue weighted by atomic mass is 16.8. The van der Waals surface area contributed by atoms with Crippen LogP contribution < -0.4 is 5.73 Å². The quantitative estimate of drug-likeness (QED) is 0.0840. The van der Waals surface area contributed by atoms with Crippen LogP contribution in [0.1, 0.15) is 0 Å². The zero-order valence-corrected chi connectivity index (χ0v) is 25.3. The van der Waals surface area contributed by atoms with Crippen LogP contribution in [0.5, 0.6) is 0 Å². The Morgan fingerprint density at radius 1 is 0.735 bits per heavy atom. The number of ether oxygens (including phenoxy) is 8. The maximum Gasteiger partial charge on any atom is 0.371 e. The van der Waals surface area contributed by atoms with E-state index >= 15 is 0 Å². The summed E-state index contributed by atoms with van der Waals surface area (Å²) >= 11 is 0. The van der Waals surface area contributed by atoms with Gasteiger partial charge >= 0.3 is 11.9 Å². The van der Waals surface area contributed by atoms with Crippen molar-refractivity contribution < 1.29 is 109 Å². The zero-order valence-electron chi connectivity index (χ0n) is 25.3. The minimum atomic E-state index is -2.09. The third-order valence-corrected chi connectivity index (χ3v) is 8.13. The molecule has 3 fully saturated rings. The number of aliphatic hydroxyl groups excluding tert-OH is 10. The van der Waals surface area contributed by atoms with Gasteiger partial charge in [-0.2, -0.15) is 0 Å². The number of hydrogen-bond acceptors (Lipinski definition) is 21. The molecule has 49 heavy (non-hydrogen) atoms. The van der Waals surface area contributed by atoms with E-state index in [1.165, 1.54) is 0 Å². The lowest BCUT2D eigenvalue weighted by molar-refractivity contribution is -0.380. The van der Waals surface area contributed by atoms with Gasteiger partial charge in [0.1, 0.15) is 85.4 Å². The van der Waals surface area contributed by atoms with Gasteiger partial charge in [-0.05, 0) is 6.08 Å². The van der Waals surface area contributed by atoms with Crippen molar-refractivity contribution >= 4 is 11.9 Å². The second kappa shape index (κ2) is 16.9. The fourth-order valence-electron chi connectivity index (χ4n) is 5.32. The van der Waals surface area contributed by atoms with Gasteiger partial charge in [0.2, 0.25) is 12.0 Å². The molecule has 0 amide bonds. The van der Waals surface area contributed by atoms with Crippen molar-refractivity contribution in [2.75, 3.05) is 26.4 Å². The summed E-state index contributed by atoms with van der Waals surface area (Å²) in [6.45, 7) is -2.92. The molecule has 4 aliphatic rings. The van der Waals surface area contributed by atoms with Gasteiger partial charge in [-0.3, -0.25) is 4.79 Å². The highest BCUT2D eigenvalue weighted by Crippen LogP contribution is 2.33. The number of aliphatic carboxylic acids is 2.